The van der Waals surface area contributed by atoms with E-state index in [0.717, 1.165) is 11.1 Å². The predicted octanol–water partition coefficient (Wildman–Crippen LogP) is 3.08. The molecule has 4 N–H and O–H groups in total. The number of phenolic OH excluding ortho intramolecular Hbond substituents is 1. The highest BCUT2D eigenvalue weighted by Crippen LogP contribution is 2.23. The van der Waals surface area contributed by atoms with E-state index in [2.05, 4.69) is 16.0 Å². The molecule has 10 nitrogen and oxygen atoms in total. The maximum absolute atomic E-state index is 13.5. The number of likely N-dealkylation sites (N-methyl/N-ethyl adjacent to an activating group) is 1. The molecule has 3 aromatic carbocycles. The number of ether oxygens (including phenoxy) is 1. The average Bonchev–Trinajstić information content (AvgIpc) is 3.02. The fraction of sp³-hybridized carbons (Fsp3) is 0.353. The summed E-state index contributed by atoms with van der Waals surface area (Å²) in [6.45, 7) is 4.25. The molecule has 1 aliphatic heterocycles. The van der Waals surface area contributed by atoms with Gasteiger partial charge in [0.1, 0.15) is 36.0 Å². The van der Waals surface area contributed by atoms with Gasteiger partial charge in [-0.2, -0.15) is 0 Å². The number of para-hydroxylation sites is 1. The van der Waals surface area contributed by atoms with Crippen LogP contribution in [0.4, 0.5) is 4.39 Å². The summed E-state index contributed by atoms with van der Waals surface area (Å²) < 4.78 is 19.4. The molecular weight excluding hydrogens is 579 g/mol. The Bertz CT molecular complexity index is 1510. The van der Waals surface area contributed by atoms with Crippen LogP contribution in [0.25, 0.3) is 0 Å². The number of phenols is 1. The molecule has 0 saturated heterocycles. The lowest BCUT2D eigenvalue weighted by molar-refractivity contribution is -0.135. The average molecular weight is 619 g/mol. The van der Waals surface area contributed by atoms with E-state index in [-0.39, 0.29) is 67.7 Å². The van der Waals surface area contributed by atoms with Crippen LogP contribution in [0.2, 0.25) is 0 Å². The van der Waals surface area contributed by atoms with Crippen LogP contribution in [-0.4, -0.2) is 72.5 Å². The lowest BCUT2D eigenvalue weighted by Gasteiger charge is -2.27. The Morgan fingerprint density at radius 2 is 1.71 bits per heavy atom. The Kier molecular flexibility index (Phi) is 10.8. The Balaban J connectivity index is 1.56. The largest absolute Gasteiger partial charge is 0.508 e. The SMILES string of the molecule is CN1CCOc2ccccc2C(=O)N[C@H](C(=O)NCC(C)(C)c2ccc(F)cc2)CCC(=O)N[C@@H](Cc2ccc(O)cc2)C1=O. The molecule has 4 rings (SSSR count). The zero-order valence-corrected chi connectivity index (χ0v) is 25.6. The first-order chi connectivity index (χ1) is 21.4. The van der Waals surface area contributed by atoms with Crippen molar-refractivity contribution in [3.05, 3.63) is 95.3 Å². The van der Waals surface area contributed by atoms with Crippen LogP contribution in [0.15, 0.2) is 72.8 Å². The highest BCUT2D eigenvalue weighted by Gasteiger charge is 2.29. The van der Waals surface area contributed by atoms with Gasteiger partial charge in [0.05, 0.1) is 12.1 Å². The monoisotopic (exact) mass is 618 g/mol. The standard InChI is InChI=1S/C34H39FN4O6/c1-34(2,23-10-12-24(35)13-11-23)21-36-32(43)27-16-17-30(41)37-28(20-22-8-14-25(40)15-9-22)33(44)39(3)18-19-45-29-7-5-4-6-26(29)31(42)38-27/h4-15,27-28,40H,16-21H2,1-3H3,(H,36,43)(H,37,41)(H,38,42)/t27-,28-/m0/s1. The fourth-order valence-corrected chi connectivity index (χ4v) is 5.00. The summed E-state index contributed by atoms with van der Waals surface area (Å²) in [5.41, 5.74) is 1.20. The van der Waals surface area contributed by atoms with Crippen LogP contribution in [0.3, 0.4) is 0 Å². The maximum atomic E-state index is 13.5. The Morgan fingerprint density at radius 1 is 1.02 bits per heavy atom. The van der Waals surface area contributed by atoms with Crippen LogP contribution in [0, 0.1) is 5.82 Å². The molecule has 0 aromatic heterocycles. The first kappa shape index (κ1) is 33.0. The molecule has 0 spiro atoms. The number of carbonyl (C=O) groups excluding carboxylic acids is 4. The van der Waals surface area contributed by atoms with E-state index in [1.54, 1.807) is 55.6 Å². The molecule has 0 radical (unpaired) electrons. The number of fused-ring (bicyclic) bond motifs is 1. The van der Waals surface area contributed by atoms with Crippen molar-refractivity contribution in [1.29, 1.82) is 0 Å². The van der Waals surface area contributed by atoms with Gasteiger partial charge < -0.3 is 30.7 Å². The molecule has 1 aliphatic rings. The van der Waals surface area contributed by atoms with Gasteiger partial charge in [-0.05, 0) is 53.9 Å². The molecule has 238 valence electrons. The van der Waals surface area contributed by atoms with Crippen molar-refractivity contribution in [3.8, 4) is 11.5 Å². The highest BCUT2D eigenvalue weighted by atomic mass is 19.1. The minimum Gasteiger partial charge on any atom is -0.508 e. The van der Waals surface area contributed by atoms with Gasteiger partial charge in [-0.1, -0.05) is 50.2 Å². The third kappa shape index (κ3) is 9.04. The van der Waals surface area contributed by atoms with Crippen molar-refractivity contribution < 1.29 is 33.4 Å². The van der Waals surface area contributed by atoms with Gasteiger partial charge in [-0.25, -0.2) is 4.39 Å². The normalized spacial score (nSPS) is 18.4. The second-order valence-corrected chi connectivity index (χ2v) is 11.8. The number of halogens is 1. The third-order valence-corrected chi connectivity index (χ3v) is 7.81. The zero-order chi connectivity index (χ0) is 32.6. The van der Waals surface area contributed by atoms with Gasteiger partial charge >= 0.3 is 0 Å². The van der Waals surface area contributed by atoms with Crippen molar-refractivity contribution in [2.75, 3.05) is 26.7 Å². The number of rotatable bonds is 6. The van der Waals surface area contributed by atoms with E-state index >= 15 is 0 Å². The smallest absolute Gasteiger partial charge is 0.255 e. The second-order valence-electron chi connectivity index (χ2n) is 11.8. The summed E-state index contributed by atoms with van der Waals surface area (Å²) in [6, 6.07) is 17.0. The molecular formula is C34H39FN4O6. The van der Waals surface area contributed by atoms with E-state index in [4.69, 9.17) is 4.74 Å². The van der Waals surface area contributed by atoms with Gasteiger partial charge in [0.15, 0.2) is 0 Å². The van der Waals surface area contributed by atoms with Gasteiger partial charge in [0, 0.05) is 31.8 Å². The summed E-state index contributed by atoms with van der Waals surface area (Å²) in [5, 5.41) is 18.1. The second kappa shape index (κ2) is 14.7. The van der Waals surface area contributed by atoms with Gasteiger partial charge in [-0.15, -0.1) is 0 Å². The zero-order valence-electron chi connectivity index (χ0n) is 25.6. The van der Waals surface area contributed by atoms with E-state index in [1.807, 2.05) is 13.8 Å². The fourth-order valence-electron chi connectivity index (χ4n) is 5.00. The Hall–Kier alpha value is -4.93. The molecule has 0 unspecified atom stereocenters. The maximum Gasteiger partial charge on any atom is 0.255 e. The van der Waals surface area contributed by atoms with Gasteiger partial charge in [-0.3, -0.25) is 19.2 Å². The predicted molar refractivity (Wildman–Crippen MR) is 166 cm³/mol. The number of nitrogens with zero attached hydrogens (tertiary/aromatic N) is 1. The molecule has 0 aliphatic carbocycles. The number of carbonyl (C=O) groups is 4. The van der Waals surface area contributed by atoms with Crippen molar-refractivity contribution in [1.82, 2.24) is 20.9 Å². The molecule has 2 atom stereocenters. The number of nitrogens with one attached hydrogen (secondary N) is 3. The number of aromatic hydroxyl groups is 1. The first-order valence-corrected chi connectivity index (χ1v) is 14.8. The van der Waals surface area contributed by atoms with E-state index in [9.17, 15) is 28.7 Å². The van der Waals surface area contributed by atoms with E-state index in [0.29, 0.717) is 0 Å². The molecule has 3 aromatic rings. The third-order valence-electron chi connectivity index (χ3n) is 7.81. The van der Waals surface area contributed by atoms with E-state index < -0.39 is 35.2 Å². The van der Waals surface area contributed by atoms with Crippen molar-refractivity contribution in [2.24, 2.45) is 0 Å². The minimum atomic E-state index is -1.08. The molecule has 11 heteroatoms. The molecule has 0 fully saturated rings. The van der Waals surface area contributed by atoms with Crippen LogP contribution in [-0.2, 0) is 26.2 Å². The molecule has 1 heterocycles. The Morgan fingerprint density at radius 3 is 2.42 bits per heavy atom. The van der Waals surface area contributed by atoms with Crippen LogP contribution in [0.5, 0.6) is 11.5 Å². The molecule has 0 bridgehead atoms. The van der Waals surface area contributed by atoms with Crippen LogP contribution < -0.4 is 20.7 Å². The lowest BCUT2D eigenvalue weighted by Crippen LogP contribution is -2.51. The number of benzene rings is 3. The number of hydrogen-bond acceptors (Lipinski definition) is 6. The first-order valence-electron chi connectivity index (χ1n) is 14.8. The van der Waals surface area contributed by atoms with Crippen molar-refractivity contribution in [2.45, 2.75) is 50.6 Å². The quantitative estimate of drug-likeness (QED) is 0.335. The molecule has 4 amide bonds. The Labute approximate surface area is 262 Å². The minimum absolute atomic E-state index is 0.0423. The lowest BCUT2D eigenvalue weighted by atomic mass is 9.84. The topological polar surface area (TPSA) is 137 Å². The van der Waals surface area contributed by atoms with E-state index in [1.165, 1.54) is 29.2 Å². The summed E-state index contributed by atoms with van der Waals surface area (Å²) in [5.74, 6) is -1.84. The molecule has 45 heavy (non-hydrogen) atoms. The summed E-state index contributed by atoms with van der Waals surface area (Å²) >= 11 is 0. The number of hydrogen-bond donors (Lipinski definition) is 4. The summed E-state index contributed by atoms with van der Waals surface area (Å²) in [7, 11) is 1.60. The van der Waals surface area contributed by atoms with Crippen LogP contribution >= 0.6 is 0 Å². The van der Waals surface area contributed by atoms with Gasteiger partial charge in [0.25, 0.3) is 5.91 Å². The highest BCUT2D eigenvalue weighted by molar-refractivity contribution is 6.00. The van der Waals surface area contributed by atoms with Crippen LogP contribution in [0.1, 0.15) is 48.2 Å². The summed E-state index contributed by atoms with van der Waals surface area (Å²) in [6.07, 6.45) is -0.0156. The molecule has 0 saturated carbocycles. The summed E-state index contributed by atoms with van der Waals surface area (Å²) in [4.78, 5) is 55.0. The van der Waals surface area contributed by atoms with Crippen molar-refractivity contribution >= 4 is 23.6 Å². The van der Waals surface area contributed by atoms with Gasteiger partial charge in [0.2, 0.25) is 17.7 Å². The van der Waals surface area contributed by atoms with Crippen molar-refractivity contribution in [3.63, 3.8) is 0 Å². The number of amides is 4.